The van der Waals surface area contributed by atoms with E-state index in [1.165, 1.54) is 4.31 Å². The minimum absolute atomic E-state index is 0.0538. The van der Waals surface area contributed by atoms with Gasteiger partial charge in [0.1, 0.15) is 0 Å². The molecule has 1 aromatic rings. The van der Waals surface area contributed by atoms with Gasteiger partial charge in [-0.2, -0.15) is 0 Å². The topological polar surface area (TPSA) is 74.7 Å². The fourth-order valence-corrected chi connectivity index (χ4v) is 3.90. The fraction of sp³-hybridized carbons (Fsp3) is 0.417. The zero-order valence-corrected chi connectivity index (χ0v) is 11.7. The molecule has 1 unspecified atom stereocenters. The molecule has 1 aliphatic heterocycles. The highest BCUT2D eigenvalue weighted by atomic mass is 35.5. The van der Waals surface area contributed by atoms with Crippen LogP contribution in [0.3, 0.4) is 0 Å². The molecule has 19 heavy (non-hydrogen) atoms. The number of carbonyl (C=O) groups is 1. The SMILES string of the molecule is O=C(O)C1CCN(S(=O)(=O)Cc2cccc(Cl)c2)C1. The highest BCUT2D eigenvalue weighted by Crippen LogP contribution is 2.22. The second kappa shape index (κ2) is 5.48. The first-order valence-electron chi connectivity index (χ1n) is 5.83. The summed E-state index contributed by atoms with van der Waals surface area (Å²) in [6, 6.07) is 6.66. The molecule has 1 fully saturated rings. The molecule has 0 aromatic heterocycles. The number of hydrogen-bond acceptors (Lipinski definition) is 3. The van der Waals surface area contributed by atoms with Crippen molar-refractivity contribution in [2.24, 2.45) is 5.92 Å². The first-order valence-corrected chi connectivity index (χ1v) is 7.82. The Hall–Kier alpha value is -1.11. The van der Waals surface area contributed by atoms with E-state index in [4.69, 9.17) is 16.7 Å². The summed E-state index contributed by atoms with van der Waals surface area (Å²) >= 11 is 5.81. The number of aliphatic carboxylic acids is 1. The van der Waals surface area contributed by atoms with Crippen molar-refractivity contribution in [3.63, 3.8) is 0 Å². The molecular weight excluding hydrogens is 290 g/mol. The van der Waals surface area contributed by atoms with E-state index in [0.29, 0.717) is 17.0 Å². The van der Waals surface area contributed by atoms with Gasteiger partial charge in [-0.15, -0.1) is 0 Å². The Morgan fingerprint density at radius 3 is 2.79 bits per heavy atom. The van der Waals surface area contributed by atoms with Crippen molar-refractivity contribution in [3.8, 4) is 0 Å². The monoisotopic (exact) mass is 303 g/mol. The maximum Gasteiger partial charge on any atom is 0.307 e. The predicted octanol–water partition coefficient (Wildman–Crippen LogP) is 1.58. The molecule has 0 spiro atoms. The number of sulfonamides is 1. The normalized spacial score (nSPS) is 20.6. The molecule has 1 aromatic carbocycles. The van der Waals surface area contributed by atoms with Crippen molar-refractivity contribution >= 4 is 27.6 Å². The Balaban J connectivity index is 2.09. The van der Waals surface area contributed by atoms with E-state index in [1.807, 2.05) is 0 Å². The van der Waals surface area contributed by atoms with Crippen LogP contribution in [0.2, 0.25) is 5.02 Å². The maximum absolute atomic E-state index is 12.2. The van der Waals surface area contributed by atoms with Crippen LogP contribution in [0.1, 0.15) is 12.0 Å². The second-order valence-corrected chi connectivity index (χ2v) is 6.97. The van der Waals surface area contributed by atoms with Crippen molar-refractivity contribution < 1.29 is 18.3 Å². The van der Waals surface area contributed by atoms with Gasteiger partial charge in [-0.1, -0.05) is 23.7 Å². The van der Waals surface area contributed by atoms with E-state index in [2.05, 4.69) is 0 Å². The van der Waals surface area contributed by atoms with Gasteiger partial charge < -0.3 is 5.11 Å². The van der Waals surface area contributed by atoms with Crippen molar-refractivity contribution in [3.05, 3.63) is 34.9 Å². The van der Waals surface area contributed by atoms with Crippen LogP contribution in [0, 0.1) is 5.92 Å². The zero-order valence-electron chi connectivity index (χ0n) is 10.1. The van der Waals surface area contributed by atoms with Crippen LogP contribution in [-0.4, -0.2) is 36.9 Å². The summed E-state index contributed by atoms with van der Waals surface area (Å²) in [6.07, 6.45) is 0.365. The third-order valence-electron chi connectivity index (χ3n) is 3.13. The molecule has 1 saturated heterocycles. The molecule has 0 aliphatic carbocycles. The summed E-state index contributed by atoms with van der Waals surface area (Å²) in [5.74, 6) is -1.70. The van der Waals surface area contributed by atoms with Gasteiger partial charge in [-0.25, -0.2) is 12.7 Å². The van der Waals surface area contributed by atoms with Gasteiger partial charge in [0.25, 0.3) is 0 Å². The molecule has 104 valence electrons. The average molecular weight is 304 g/mol. The fourth-order valence-electron chi connectivity index (χ4n) is 2.11. The number of nitrogens with zero attached hydrogens (tertiary/aromatic N) is 1. The lowest BCUT2D eigenvalue weighted by Crippen LogP contribution is -2.31. The molecule has 2 rings (SSSR count). The minimum Gasteiger partial charge on any atom is -0.481 e. The Morgan fingerprint density at radius 1 is 1.47 bits per heavy atom. The zero-order chi connectivity index (χ0) is 14.0. The van der Waals surface area contributed by atoms with Crippen molar-refractivity contribution in [1.82, 2.24) is 4.31 Å². The van der Waals surface area contributed by atoms with Crippen LogP contribution in [0.5, 0.6) is 0 Å². The molecule has 0 saturated carbocycles. The first kappa shape index (κ1) is 14.3. The quantitative estimate of drug-likeness (QED) is 0.916. The van der Waals surface area contributed by atoms with Crippen molar-refractivity contribution in [2.75, 3.05) is 13.1 Å². The first-order chi connectivity index (χ1) is 8.88. The second-order valence-electron chi connectivity index (χ2n) is 4.57. The highest BCUT2D eigenvalue weighted by Gasteiger charge is 2.34. The maximum atomic E-state index is 12.2. The van der Waals surface area contributed by atoms with E-state index >= 15 is 0 Å². The summed E-state index contributed by atoms with van der Waals surface area (Å²) in [5.41, 5.74) is 0.603. The number of hydrogen-bond donors (Lipinski definition) is 1. The van der Waals surface area contributed by atoms with Gasteiger partial charge in [0.2, 0.25) is 10.0 Å². The number of rotatable bonds is 4. The lowest BCUT2D eigenvalue weighted by atomic mass is 10.1. The average Bonchev–Trinajstić information content (AvgIpc) is 2.78. The van der Waals surface area contributed by atoms with Gasteiger partial charge in [0.05, 0.1) is 11.7 Å². The summed E-state index contributed by atoms with van der Waals surface area (Å²) in [6.45, 7) is 0.318. The van der Waals surface area contributed by atoms with Gasteiger partial charge in [0, 0.05) is 18.1 Å². The molecule has 1 heterocycles. The van der Waals surface area contributed by atoms with Crippen LogP contribution in [0.4, 0.5) is 0 Å². The summed E-state index contributed by atoms with van der Waals surface area (Å²) in [4.78, 5) is 10.8. The largest absolute Gasteiger partial charge is 0.481 e. The van der Waals surface area contributed by atoms with Crippen molar-refractivity contribution in [1.29, 1.82) is 0 Å². The third-order valence-corrected chi connectivity index (χ3v) is 5.18. The molecule has 1 N–H and O–H groups in total. The molecule has 0 radical (unpaired) electrons. The van der Waals surface area contributed by atoms with Gasteiger partial charge >= 0.3 is 5.97 Å². The van der Waals surface area contributed by atoms with Gasteiger partial charge in [-0.05, 0) is 24.1 Å². The molecule has 5 nitrogen and oxygen atoms in total. The molecule has 0 amide bonds. The smallest absolute Gasteiger partial charge is 0.307 e. The predicted molar refractivity (Wildman–Crippen MR) is 71.4 cm³/mol. The summed E-state index contributed by atoms with van der Waals surface area (Å²) in [5, 5.41) is 9.37. The van der Waals surface area contributed by atoms with Crippen molar-refractivity contribution in [2.45, 2.75) is 12.2 Å². The lowest BCUT2D eigenvalue weighted by Gasteiger charge is -2.16. The highest BCUT2D eigenvalue weighted by molar-refractivity contribution is 7.88. The standard InChI is InChI=1S/C12H14ClNO4S/c13-11-3-1-2-9(6-11)8-19(17,18)14-5-4-10(7-14)12(15)16/h1-3,6,10H,4-5,7-8H2,(H,15,16). The van der Waals surface area contributed by atoms with E-state index in [1.54, 1.807) is 24.3 Å². The van der Waals surface area contributed by atoms with Crippen LogP contribution in [-0.2, 0) is 20.6 Å². The Kier molecular flexibility index (Phi) is 4.13. The van der Waals surface area contributed by atoms with Gasteiger partial charge in [0.15, 0.2) is 0 Å². The molecule has 7 heteroatoms. The van der Waals surface area contributed by atoms with Crippen LogP contribution < -0.4 is 0 Å². The molecular formula is C12H14ClNO4S. The third kappa shape index (κ3) is 3.46. The van der Waals surface area contributed by atoms with E-state index in [-0.39, 0.29) is 18.8 Å². The van der Waals surface area contributed by atoms with Gasteiger partial charge in [-0.3, -0.25) is 4.79 Å². The van der Waals surface area contributed by atoms with Crippen LogP contribution in [0.15, 0.2) is 24.3 Å². The Bertz CT molecular complexity index is 587. The number of carboxylic acid groups (broad SMARTS) is 1. The molecule has 1 atom stereocenters. The van der Waals surface area contributed by atoms with E-state index < -0.39 is 21.9 Å². The number of carboxylic acids is 1. The summed E-state index contributed by atoms with van der Waals surface area (Å²) in [7, 11) is -3.48. The van der Waals surface area contributed by atoms with Crippen LogP contribution in [0.25, 0.3) is 0 Å². The lowest BCUT2D eigenvalue weighted by molar-refractivity contribution is -0.141. The Labute approximate surface area is 116 Å². The van der Waals surface area contributed by atoms with E-state index in [9.17, 15) is 13.2 Å². The minimum atomic E-state index is -3.48. The molecule has 0 bridgehead atoms. The number of benzene rings is 1. The summed E-state index contributed by atoms with van der Waals surface area (Å²) < 4.78 is 25.6. The van der Waals surface area contributed by atoms with E-state index in [0.717, 1.165) is 0 Å². The number of halogens is 1. The van der Waals surface area contributed by atoms with Crippen LogP contribution >= 0.6 is 11.6 Å². The molecule has 1 aliphatic rings. The Morgan fingerprint density at radius 2 is 2.21 bits per heavy atom.